The molecule has 1 fully saturated rings. The van der Waals surface area contributed by atoms with Gasteiger partial charge in [-0.15, -0.1) is 0 Å². The second-order valence-electron chi connectivity index (χ2n) is 7.93. The number of hydrogen-bond donors (Lipinski definition) is 3. The molecule has 2 amide bonds. The molecule has 1 aliphatic rings. The first-order valence-corrected chi connectivity index (χ1v) is 12.3. The summed E-state index contributed by atoms with van der Waals surface area (Å²) in [6.07, 6.45) is 4.93. The molecule has 9 nitrogen and oxygen atoms in total. The molecular weight excluding hydrogens is 458 g/mol. The quantitative estimate of drug-likeness (QED) is 0.444. The van der Waals surface area contributed by atoms with E-state index in [4.69, 9.17) is 9.15 Å². The Morgan fingerprint density at radius 3 is 2.29 bits per heavy atom. The molecule has 0 aliphatic heterocycles. The van der Waals surface area contributed by atoms with Gasteiger partial charge < -0.3 is 19.8 Å². The lowest BCUT2D eigenvalue weighted by atomic mass is 10.2. The molecule has 0 bridgehead atoms. The zero-order valence-corrected chi connectivity index (χ0v) is 19.4. The highest BCUT2D eigenvalue weighted by molar-refractivity contribution is 7.89. The van der Waals surface area contributed by atoms with E-state index in [1.54, 1.807) is 30.3 Å². The largest absolute Gasteiger partial charge is 0.495 e. The average Bonchev–Trinajstić information content (AvgIpc) is 3.53. The molecule has 0 radical (unpaired) electrons. The number of carbonyl (C=O) groups is 2. The third-order valence-corrected chi connectivity index (χ3v) is 7.06. The van der Waals surface area contributed by atoms with Gasteiger partial charge in [0.05, 0.1) is 13.4 Å². The van der Waals surface area contributed by atoms with Crippen LogP contribution in [0.1, 0.15) is 46.6 Å². The molecule has 34 heavy (non-hydrogen) atoms. The molecule has 0 saturated heterocycles. The van der Waals surface area contributed by atoms with Gasteiger partial charge in [-0.25, -0.2) is 13.1 Å². The van der Waals surface area contributed by atoms with Crippen molar-refractivity contribution in [2.45, 2.75) is 36.6 Å². The summed E-state index contributed by atoms with van der Waals surface area (Å²) in [5.41, 5.74) is 1.03. The third kappa shape index (κ3) is 5.46. The van der Waals surface area contributed by atoms with E-state index in [1.807, 2.05) is 0 Å². The first-order valence-electron chi connectivity index (χ1n) is 10.8. The predicted octanol–water partition coefficient (Wildman–Crippen LogP) is 4.01. The molecule has 0 spiro atoms. The van der Waals surface area contributed by atoms with Gasteiger partial charge in [-0.1, -0.05) is 18.9 Å². The number of sulfonamides is 1. The van der Waals surface area contributed by atoms with E-state index in [-0.39, 0.29) is 28.0 Å². The summed E-state index contributed by atoms with van der Waals surface area (Å²) in [5, 5.41) is 5.41. The molecule has 0 atom stereocenters. The predicted molar refractivity (Wildman–Crippen MR) is 127 cm³/mol. The van der Waals surface area contributed by atoms with Gasteiger partial charge in [-0.05, 0) is 61.4 Å². The lowest BCUT2D eigenvalue weighted by molar-refractivity contribution is 0.0995. The topological polar surface area (TPSA) is 127 Å². The van der Waals surface area contributed by atoms with Gasteiger partial charge in [0, 0.05) is 23.0 Å². The molecule has 10 heteroatoms. The van der Waals surface area contributed by atoms with Crippen LogP contribution in [0, 0.1) is 0 Å². The summed E-state index contributed by atoms with van der Waals surface area (Å²) in [6, 6.07) is 13.9. The normalized spacial score (nSPS) is 14.0. The average molecular weight is 484 g/mol. The van der Waals surface area contributed by atoms with Crippen LogP contribution in [-0.4, -0.2) is 33.4 Å². The van der Waals surface area contributed by atoms with Gasteiger partial charge in [-0.3, -0.25) is 9.59 Å². The number of nitrogens with one attached hydrogen (secondary N) is 3. The summed E-state index contributed by atoms with van der Waals surface area (Å²) in [4.78, 5) is 25.0. The Morgan fingerprint density at radius 1 is 0.941 bits per heavy atom. The second kappa shape index (κ2) is 10.1. The maximum absolute atomic E-state index is 13.0. The Labute approximate surface area is 197 Å². The van der Waals surface area contributed by atoms with Crippen LogP contribution in [0.5, 0.6) is 5.75 Å². The van der Waals surface area contributed by atoms with Crippen molar-refractivity contribution in [1.29, 1.82) is 0 Å². The van der Waals surface area contributed by atoms with Crippen LogP contribution in [0.2, 0.25) is 0 Å². The smallest absolute Gasteiger partial charge is 0.291 e. The zero-order valence-electron chi connectivity index (χ0n) is 18.5. The van der Waals surface area contributed by atoms with Gasteiger partial charge in [0.15, 0.2) is 5.76 Å². The van der Waals surface area contributed by atoms with E-state index in [0.717, 1.165) is 25.7 Å². The Morgan fingerprint density at radius 2 is 1.65 bits per heavy atom. The first kappa shape index (κ1) is 23.5. The molecule has 0 unspecified atom stereocenters. The van der Waals surface area contributed by atoms with Crippen LogP contribution in [0.3, 0.4) is 0 Å². The molecule has 1 aromatic heterocycles. The van der Waals surface area contributed by atoms with Crippen LogP contribution < -0.4 is 20.1 Å². The highest BCUT2D eigenvalue weighted by Gasteiger charge is 2.26. The minimum absolute atomic E-state index is 0.0889. The van der Waals surface area contributed by atoms with Crippen molar-refractivity contribution in [3.63, 3.8) is 0 Å². The minimum atomic E-state index is -3.87. The maximum atomic E-state index is 13.0. The van der Waals surface area contributed by atoms with Crippen molar-refractivity contribution < 1.29 is 27.2 Å². The number of hydrogen-bond acceptors (Lipinski definition) is 6. The standard InChI is InChI=1S/C24H25N3O6S/c1-32-20-12-11-16(14-22(20)34(30,31)27-17-6-2-3-7-17)23(28)25-18-8-4-9-19(15-18)26-24(29)21-10-5-13-33-21/h4-5,8-15,17,27H,2-3,6-7H2,1H3,(H,25,28)(H,26,29). The van der Waals surface area contributed by atoms with Crippen LogP contribution in [0.15, 0.2) is 70.2 Å². The maximum Gasteiger partial charge on any atom is 0.291 e. The van der Waals surface area contributed by atoms with Gasteiger partial charge >= 0.3 is 0 Å². The van der Waals surface area contributed by atoms with Gasteiger partial charge in [0.2, 0.25) is 10.0 Å². The van der Waals surface area contributed by atoms with Crippen LogP contribution >= 0.6 is 0 Å². The number of methoxy groups -OCH3 is 1. The Bertz CT molecular complexity index is 1280. The van der Waals surface area contributed by atoms with E-state index in [1.165, 1.54) is 37.6 Å². The third-order valence-electron chi connectivity index (χ3n) is 5.52. The number of ether oxygens (including phenoxy) is 1. The van der Waals surface area contributed by atoms with Crippen molar-refractivity contribution in [3.8, 4) is 5.75 Å². The summed E-state index contributed by atoms with van der Waals surface area (Å²) >= 11 is 0. The molecule has 2 aromatic carbocycles. The summed E-state index contributed by atoms with van der Waals surface area (Å²) in [7, 11) is -2.49. The Kier molecular flexibility index (Phi) is 6.99. The lowest BCUT2D eigenvalue weighted by Gasteiger charge is -2.16. The Hall–Kier alpha value is -3.63. The molecule has 3 aromatic rings. The molecule has 1 heterocycles. The van der Waals surface area contributed by atoms with Crippen molar-refractivity contribution in [3.05, 3.63) is 72.2 Å². The summed E-state index contributed by atoms with van der Waals surface area (Å²) in [5.74, 6) is -0.611. The molecule has 4 rings (SSSR count). The number of carbonyl (C=O) groups excluding carboxylic acids is 2. The van der Waals surface area contributed by atoms with E-state index in [9.17, 15) is 18.0 Å². The second-order valence-corrected chi connectivity index (χ2v) is 9.62. The number of benzene rings is 2. The SMILES string of the molecule is COc1ccc(C(=O)Nc2cccc(NC(=O)c3ccco3)c2)cc1S(=O)(=O)NC1CCCC1. The monoisotopic (exact) mass is 483 g/mol. The number of anilines is 2. The fourth-order valence-corrected chi connectivity index (χ4v) is 5.33. The van der Waals surface area contributed by atoms with Gasteiger partial charge in [0.1, 0.15) is 10.6 Å². The van der Waals surface area contributed by atoms with E-state index >= 15 is 0 Å². The summed E-state index contributed by atoms with van der Waals surface area (Å²) < 4.78 is 39.0. The highest BCUT2D eigenvalue weighted by Crippen LogP contribution is 2.28. The van der Waals surface area contributed by atoms with E-state index in [0.29, 0.717) is 11.4 Å². The van der Waals surface area contributed by atoms with Gasteiger partial charge in [0.25, 0.3) is 11.8 Å². The van der Waals surface area contributed by atoms with Crippen LogP contribution in [0.4, 0.5) is 11.4 Å². The van der Waals surface area contributed by atoms with Gasteiger partial charge in [-0.2, -0.15) is 0 Å². The number of rotatable bonds is 8. The first-order chi connectivity index (χ1) is 16.4. The number of amides is 2. The Balaban J connectivity index is 1.51. The zero-order chi connectivity index (χ0) is 24.1. The van der Waals surface area contributed by atoms with E-state index in [2.05, 4.69) is 15.4 Å². The van der Waals surface area contributed by atoms with Crippen LogP contribution in [0.25, 0.3) is 0 Å². The molecule has 3 N–H and O–H groups in total. The molecule has 1 aliphatic carbocycles. The highest BCUT2D eigenvalue weighted by atomic mass is 32.2. The van der Waals surface area contributed by atoms with Crippen molar-refractivity contribution in [2.75, 3.05) is 17.7 Å². The number of furan rings is 1. The fourth-order valence-electron chi connectivity index (χ4n) is 3.83. The molecule has 1 saturated carbocycles. The minimum Gasteiger partial charge on any atom is -0.495 e. The van der Waals surface area contributed by atoms with Crippen molar-refractivity contribution >= 4 is 33.2 Å². The van der Waals surface area contributed by atoms with Crippen molar-refractivity contribution in [1.82, 2.24) is 4.72 Å². The van der Waals surface area contributed by atoms with Crippen molar-refractivity contribution in [2.24, 2.45) is 0 Å². The van der Waals surface area contributed by atoms with Crippen LogP contribution in [-0.2, 0) is 10.0 Å². The summed E-state index contributed by atoms with van der Waals surface area (Å²) in [6.45, 7) is 0. The fraction of sp³-hybridized carbons (Fsp3) is 0.250. The molecular formula is C24H25N3O6S. The lowest BCUT2D eigenvalue weighted by Crippen LogP contribution is -2.33. The molecule has 178 valence electrons. The van der Waals surface area contributed by atoms with E-state index < -0.39 is 21.8 Å².